The van der Waals surface area contributed by atoms with Crippen LogP contribution in [0.5, 0.6) is 0 Å². The van der Waals surface area contributed by atoms with Crippen LogP contribution < -0.4 is 5.32 Å². The normalized spacial score (nSPS) is 9.69. The predicted octanol–water partition coefficient (Wildman–Crippen LogP) is 0.454. The molecule has 0 radical (unpaired) electrons. The second-order valence-corrected chi connectivity index (χ2v) is 2.62. The minimum absolute atomic E-state index is 0.0319. The van der Waals surface area contributed by atoms with Crippen LogP contribution in [0.3, 0.4) is 0 Å². The summed E-state index contributed by atoms with van der Waals surface area (Å²) in [5.41, 5.74) is 1.34. The second-order valence-electron chi connectivity index (χ2n) is 2.62. The number of aliphatic carboxylic acids is 1. The number of carboxylic acid groups (broad SMARTS) is 1. The Morgan fingerprint density at radius 3 is 2.85 bits per heavy atom. The van der Waals surface area contributed by atoms with Crippen LogP contribution in [0.15, 0.2) is 6.20 Å². The van der Waals surface area contributed by atoms with Crippen LogP contribution in [0.2, 0.25) is 0 Å². The number of anilines is 1. The molecule has 0 aliphatic carbocycles. The van der Waals surface area contributed by atoms with E-state index in [0.29, 0.717) is 17.2 Å². The van der Waals surface area contributed by atoms with Crippen molar-refractivity contribution >= 4 is 11.9 Å². The maximum absolute atomic E-state index is 10.4. The van der Waals surface area contributed by atoms with E-state index in [1.54, 1.807) is 14.0 Å². The number of nitrogens with zero attached hydrogens (tertiary/aromatic N) is 2. The fourth-order valence-corrected chi connectivity index (χ4v) is 0.949. The molecule has 0 spiro atoms. The number of nitrogens with one attached hydrogen (secondary N) is 1. The van der Waals surface area contributed by atoms with Crippen LogP contribution in [0.4, 0.5) is 5.95 Å². The molecule has 0 fully saturated rings. The van der Waals surface area contributed by atoms with Gasteiger partial charge in [-0.2, -0.15) is 0 Å². The highest BCUT2D eigenvalue weighted by Gasteiger charge is 2.05. The Kier molecular flexibility index (Phi) is 2.79. The number of hydrogen-bond donors (Lipinski definition) is 2. The molecule has 1 aromatic heterocycles. The van der Waals surface area contributed by atoms with Crippen molar-refractivity contribution in [2.75, 3.05) is 12.4 Å². The van der Waals surface area contributed by atoms with Crippen LogP contribution in [-0.2, 0) is 11.2 Å². The van der Waals surface area contributed by atoms with Gasteiger partial charge in [-0.15, -0.1) is 0 Å². The third kappa shape index (κ3) is 2.40. The highest BCUT2D eigenvalue weighted by atomic mass is 16.4. The van der Waals surface area contributed by atoms with Gasteiger partial charge >= 0.3 is 5.97 Å². The summed E-state index contributed by atoms with van der Waals surface area (Å²) >= 11 is 0. The quantitative estimate of drug-likeness (QED) is 0.708. The lowest BCUT2D eigenvalue weighted by Gasteiger charge is -2.03. The molecule has 2 N–H and O–H groups in total. The van der Waals surface area contributed by atoms with Gasteiger partial charge in [0.25, 0.3) is 0 Å². The largest absolute Gasteiger partial charge is 0.481 e. The summed E-state index contributed by atoms with van der Waals surface area (Å²) in [5.74, 6) is -0.365. The first-order valence-corrected chi connectivity index (χ1v) is 3.85. The van der Waals surface area contributed by atoms with Gasteiger partial charge < -0.3 is 10.4 Å². The third-order valence-electron chi connectivity index (χ3n) is 1.65. The van der Waals surface area contributed by atoms with E-state index in [4.69, 9.17) is 5.11 Å². The van der Waals surface area contributed by atoms with Crippen molar-refractivity contribution in [2.45, 2.75) is 13.3 Å². The average Bonchev–Trinajstić information content (AvgIpc) is 2.08. The summed E-state index contributed by atoms with van der Waals surface area (Å²) in [7, 11) is 1.71. The lowest BCUT2D eigenvalue weighted by molar-refractivity contribution is -0.136. The zero-order chi connectivity index (χ0) is 9.84. The van der Waals surface area contributed by atoms with E-state index in [1.165, 1.54) is 6.20 Å². The Hall–Kier alpha value is -1.65. The standard InChI is InChI=1S/C8H11N3O2/c1-5-6(3-7(12)13)4-10-8(9-2)11-5/h4H,3H2,1-2H3,(H,12,13)(H,9,10,11). The van der Waals surface area contributed by atoms with Gasteiger partial charge in [0.05, 0.1) is 6.42 Å². The fraction of sp³-hybridized carbons (Fsp3) is 0.375. The van der Waals surface area contributed by atoms with Gasteiger partial charge in [-0.25, -0.2) is 9.97 Å². The zero-order valence-electron chi connectivity index (χ0n) is 7.53. The number of hydrogen-bond acceptors (Lipinski definition) is 4. The van der Waals surface area contributed by atoms with Gasteiger partial charge in [-0.3, -0.25) is 4.79 Å². The van der Waals surface area contributed by atoms with Crippen molar-refractivity contribution in [3.63, 3.8) is 0 Å². The van der Waals surface area contributed by atoms with Gasteiger partial charge in [0.15, 0.2) is 0 Å². The molecule has 0 aliphatic rings. The Morgan fingerprint density at radius 1 is 1.69 bits per heavy atom. The van der Waals surface area contributed by atoms with Crippen molar-refractivity contribution in [1.29, 1.82) is 0 Å². The summed E-state index contributed by atoms with van der Waals surface area (Å²) < 4.78 is 0. The van der Waals surface area contributed by atoms with Crippen LogP contribution >= 0.6 is 0 Å². The zero-order valence-corrected chi connectivity index (χ0v) is 7.53. The molecule has 0 saturated carbocycles. The summed E-state index contributed by atoms with van der Waals surface area (Å²) in [6.45, 7) is 1.76. The number of aryl methyl sites for hydroxylation is 1. The number of carboxylic acids is 1. The number of carbonyl (C=O) groups is 1. The molecular formula is C8H11N3O2. The van der Waals surface area contributed by atoms with Crippen molar-refractivity contribution < 1.29 is 9.90 Å². The molecule has 0 bridgehead atoms. The van der Waals surface area contributed by atoms with E-state index < -0.39 is 5.97 Å². The lowest BCUT2D eigenvalue weighted by Crippen LogP contribution is -2.06. The molecule has 0 amide bonds. The maximum Gasteiger partial charge on any atom is 0.307 e. The smallest absolute Gasteiger partial charge is 0.307 e. The maximum atomic E-state index is 10.4. The highest BCUT2D eigenvalue weighted by molar-refractivity contribution is 5.70. The average molecular weight is 181 g/mol. The Bertz CT molecular complexity index is 325. The molecule has 1 heterocycles. The minimum Gasteiger partial charge on any atom is -0.481 e. The first-order valence-electron chi connectivity index (χ1n) is 3.85. The van der Waals surface area contributed by atoms with Gasteiger partial charge in [-0.1, -0.05) is 0 Å². The summed E-state index contributed by atoms with van der Waals surface area (Å²) in [5, 5.41) is 11.3. The topological polar surface area (TPSA) is 75.1 Å². The van der Waals surface area contributed by atoms with Gasteiger partial charge in [0.1, 0.15) is 0 Å². The van der Waals surface area contributed by atoms with Crippen molar-refractivity contribution in [3.05, 3.63) is 17.5 Å². The third-order valence-corrected chi connectivity index (χ3v) is 1.65. The molecule has 1 aromatic rings. The van der Waals surface area contributed by atoms with Crippen molar-refractivity contribution in [2.24, 2.45) is 0 Å². The Morgan fingerprint density at radius 2 is 2.38 bits per heavy atom. The van der Waals surface area contributed by atoms with E-state index in [2.05, 4.69) is 15.3 Å². The van der Waals surface area contributed by atoms with Crippen molar-refractivity contribution in [1.82, 2.24) is 9.97 Å². The second kappa shape index (κ2) is 3.84. The molecule has 0 saturated heterocycles. The van der Waals surface area contributed by atoms with E-state index in [-0.39, 0.29) is 6.42 Å². The molecule has 13 heavy (non-hydrogen) atoms. The molecule has 0 aliphatic heterocycles. The van der Waals surface area contributed by atoms with Crippen LogP contribution in [0.25, 0.3) is 0 Å². The molecule has 5 nitrogen and oxygen atoms in total. The van der Waals surface area contributed by atoms with Crippen LogP contribution in [-0.4, -0.2) is 28.1 Å². The molecule has 0 aromatic carbocycles. The van der Waals surface area contributed by atoms with E-state index >= 15 is 0 Å². The van der Waals surface area contributed by atoms with Gasteiger partial charge in [-0.05, 0) is 6.92 Å². The van der Waals surface area contributed by atoms with E-state index in [1.807, 2.05) is 0 Å². The Balaban J connectivity index is 2.91. The number of aromatic nitrogens is 2. The minimum atomic E-state index is -0.871. The first kappa shape index (κ1) is 9.44. The molecule has 0 atom stereocenters. The monoisotopic (exact) mass is 181 g/mol. The molecular weight excluding hydrogens is 170 g/mol. The van der Waals surface area contributed by atoms with E-state index in [0.717, 1.165) is 0 Å². The SMILES string of the molecule is CNc1ncc(CC(=O)O)c(C)n1. The molecule has 0 unspecified atom stereocenters. The van der Waals surface area contributed by atoms with E-state index in [9.17, 15) is 4.79 Å². The summed E-state index contributed by atoms with van der Waals surface area (Å²) in [6, 6.07) is 0. The lowest BCUT2D eigenvalue weighted by atomic mass is 10.2. The molecule has 70 valence electrons. The van der Waals surface area contributed by atoms with Gasteiger partial charge in [0, 0.05) is 24.5 Å². The summed E-state index contributed by atoms with van der Waals surface area (Å²) in [6.07, 6.45) is 1.50. The van der Waals surface area contributed by atoms with Crippen LogP contribution in [0, 0.1) is 6.92 Å². The summed E-state index contributed by atoms with van der Waals surface area (Å²) in [4.78, 5) is 18.4. The molecule has 5 heteroatoms. The Labute approximate surface area is 75.8 Å². The first-order chi connectivity index (χ1) is 6.13. The van der Waals surface area contributed by atoms with Crippen molar-refractivity contribution in [3.8, 4) is 0 Å². The van der Waals surface area contributed by atoms with Gasteiger partial charge in [0.2, 0.25) is 5.95 Å². The predicted molar refractivity (Wildman–Crippen MR) is 47.7 cm³/mol. The van der Waals surface area contributed by atoms with Crippen LogP contribution in [0.1, 0.15) is 11.3 Å². The fourth-order valence-electron chi connectivity index (χ4n) is 0.949. The number of rotatable bonds is 3. The molecule has 1 rings (SSSR count). The highest BCUT2D eigenvalue weighted by Crippen LogP contribution is 2.06.